The van der Waals surface area contributed by atoms with Crippen LogP contribution in [0.25, 0.3) is 0 Å². The number of hydrogen-bond acceptors (Lipinski definition) is 4. The minimum atomic E-state index is -0.00481. The molecule has 2 aliphatic heterocycles. The summed E-state index contributed by atoms with van der Waals surface area (Å²) >= 11 is 0. The number of amides is 1. The highest BCUT2D eigenvalue weighted by Crippen LogP contribution is 2.28. The van der Waals surface area contributed by atoms with Crippen molar-refractivity contribution >= 4 is 11.6 Å². The van der Waals surface area contributed by atoms with Gasteiger partial charge in [0.05, 0.1) is 17.9 Å². The number of nitrogens with two attached hydrogens (primary N) is 1. The van der Waals surface area contributed by atoms with Crippen molar-refractivity contribution in [3.63, 3.8) is 0 Å². The first-order chi connectivity index (χ1) is 7.75. The lowest BCUT2D eigenvalue weighted by Crippen LogP contribution is -2.36. The molecule has 0 bridgehead atoms. The van der Waals surface area contributed by atoms with Crippen LogP contribution in [0.1, 0.15) is 23.2 Å². The van der Waals surface area contributed by atoms with Crippen molar-refractivity contribution in [2.45, 2.75) is 18.9 Å². The molecule has 2 N–H and O–H groups in total. The van der Waals surface area contributed by atoms with Gasteiger partial charge in [-0.1, -0.05) is 0 Å². The van der Waals surface area contributed by atoms with E-state index in [0.717, 1.165) is 19.4 Å². The van der Waals surface area contributed by atoms with Gasteiger partial charge in [0, 0.05) is 6.54 Å². The number of anilines is 1. The molecule has 16 heavy (non-hydrogen) atoms. The topological polar surface area (TPSA) is 68.5 Å². The maximum atomic E-state index is 12.2. The summed E-state index contributed by atoms with van der Waals surface area (Å²) in [6.45, 7) is 1.34. The van der Waals surface area contributed by atoms with Crippen LogP contribution < -0.4 is 10.5 Å². The van der Waals surface area contributed by atoms with Crippen molar-refractivity contribution in [3.8, 4) is 5.88 Å². The number of ether oxygens (including phenoxy) is 1. The maximum absolute atomic E-state index is 12.2. The Balaban J connectivity index is 2.06. The molecule has 1 aromatic heterocycles. The first-order valence-electron chi connectivity index (χ1n) is 5.45. The molecule has 5 nitrogen and oxygen atoms in total. The summed E-state index contributed by atoms with van der Waals surface area (Å²) in [5.41, 5.74) is 6.63. The SMILES string of the molecule is Nc1cnc2c(c1)C(=O)N1CCC[C@@H]1CO2. The monoisotopic (exact) mass is 219 g/mol. The summed E-state index contributed by atoms with van der Waals surface area (Å²) in [6.07, 6.45) is 3.57. The molecule has 2 aliphatic rings. The maximum Gasteiger partial charge on any atom is 0.259 e. The van der Waals surface area contributed by atoms with Crippen LogP contribution in [0.4, 0.5) is 5.69 Å². The number of rotatable bonds is 0. The molecule has 0 spiro atoms. The van der Waals surface area contributed by atoms with E-state index < -0.39 is 0 Å². The largest absolute Gasteiger partial charge is 0.475 e. The Morgan fingerprint density at radius 1 is 1.56 bits per heavy atom. The van der Waals surface area contributed by atoms with Gasteiger partial charge in [-0.2, -0.15) is 0 Å². The minimum Gasteiger partial charge on any atom is -0.475 e. The van der Waals surface area contributed by atoms with Gasteiger partial charge >= 0.3 is 0 Å². The van der Waals surface area contributed by atoms with E-state index in [4.69, 9.17) is 10.5 Å². The van der Waals surface area contributed by atoms with Crippen LogP contribution in [0.2, 0.25) is 0 Å². The van der Waals surface area contributed by atoms with Gasteiger partial charge in [0.2, 0.25) is 5.88 Å². The van der Waals surface area contributed by atoms with E-state index in [1.165, 1.54) is 6.20 Å². The fourth-order valence-electron chi connectivity index (χ4n) is 2.34. The van der Waals surface area contributed by atoms with E-state index in [0.29, 0.717) is 23.7 Å². The fourth-order valence-corrected chi connectivity index (χ4v) is 2.34. The first-order valence-corrected chi connectivity index (χ1v) is 5.45. The molecule has 5 heteroatoms. The number of nitrogen functional groups attached to an aromatic ring is 1. The van der Waals surface area contributed by atoms with Crippen LogP contribution in [0.5, 0.6) is 5.88 Å². The Kier molecular flexibility index (Phi) is 1.99. The van der Waals surface area contributed by atoms with Gasteiger partial charge in [-0.25, -0.2) is 4.98 Å². The molecule has 0 unspecified atom stereocenters. The number of pyridine rings is 1. The second kappa shape index (κ2) is 3.37. The number of aromatic nitrogens is 1. The second-order valence-corrected chi connectivity index (χ2v) is 4.23. The van der Waals surface area contributed by atoms with Crippen LogP contribution in [0.15, 0.2) is 12.3 Å². The van der Waals surface area contributed by atoms with Crippen molar-refractivity contribution in [2.75, 3.05) is 18.9 Å². The summed E-state index contributed by atoms with van der Waals surface area (Å²) in [5.74, 6) is 0.406. The number of hydrogen-bond donors (Lipinski definition) is 1. The van der Waals surface area contributed by atoms with E-state index in [-0.39, 0.29) is 11.9 Å². The Morgan fingerprint density at radius 3 is 3.31 bits per heavy atom. The van der Waals surface area contributed by atoms with Crippen molar-refractivity contribution in [3.05, 3.63) is 17.8 Å². The van der Waals surface area contributed by atoms with Gasteiger partial charge < -0.3 is 15.4 Å². The Hall–Kier alpha value is -1.78. The standard InChI is InChI=1S/C11H13N3O2/c12-7-4-9-10(13-5-7)16-6-8-2-1-3-14(8)11(9)15/h4-5,8H,1-3,6,12H2/t8-/m1/s1. The average molecular weight is 219 g/mol. The normalized spacial score (nSPS) is 23.4. The van der Waals surface area contributed by atoms with Gasteiger partial charge in [0.15, 0.2) is 0 Å². The third-order valence-corrected chi connectivity index (χ3v) is 3.15. The van der Waals surface area contributed by atoms with Gasteiger partial charge in [0.1, 0.15) is 12.2 Å². The predicted octanol–water partition coefficient (Wildman–Crippen LogP) is 0.661. The number of carbonyl (C=O) groups is 1. The van der Waals surface area contributed by atoms with Crippen LogP contribution in [-0.2, 0) is 0 Å². The van der Waals surface area contributed by atoms with E-state index in [9.17, 15) is 4.79 Å². The predicted molar refractivity (Wildman–Crippen MR) is 58.2 cm³/mol. The average Bonchev–Trinajstić information content (AvgIpc) is 2.70. The minimum absolute atomic E-state index is 0.00481. The molecule has 0 saturated carbocycles. The lowest BCUT2D eigenvalue weighted by atomic mass is 10.2. The zero-order valence-corrected chi connectivity index (χ0v) is 8.85. The van der Waals surface area contributed by atoms with Crippen LogP contribution in [0.3, 0.4) is 0 Å². The van der Waals surface area contributed by atoms with Crippen molar-refractivity contribution in [2.24, 2.45) is 0 Å². The molecule has 0 aliphatic carbocycles. The van der Waals surface area contributed by atoms with Crippen LogP contribution in [-0.4, -0.2) is 35.0 Å². The van der Waals surface area contributed by atoms with Gasteiger partial charge in [-0.05, 0) is 18.9 Å². The molecule has 84 valence electrons. The number of carbonyl (C=O) groups excluding carboxylic acids is 1. The highest BCUT2D eigenvalue weighted by Gasteiger charge is 2.34. The van der Waals surface area contributed by atoms with E-state index in [2.05, 4.69) is 4.98 Å². The fraction of sp³-hybridized carbons (Fsp3) is 0.455. The zero-order chi connectivity index (χ0) is 11.1. The molecule has 1 saturated heterocycles. The van der Waals surface area contributed by atoms with E-state index in [1.807, 2.05) is 4.90 Å². The van der Waals surface area contributed by atoms with Crippen molar-refractivity contribution < 1.29 is 9.53 Å². The molecule has 1 atom stereocenters. The number of fused-ring (bicyclic) bond motifs is 2. The zero-order valence-electron chi connectivity index (χ0n) is 8.85. The van der Waals surface area contributed by atoms with E-state index >= 15 is 0 Å². The summed E-state index contributed by atoms with van der Waals surface area (Å²) in [5, 5.41) is 0. The van der Waals surface area contributed by atoms with Gasteiger partial charge in [-0.15, -0.1) is 0 Å². The smallest absolute Gasteiger partial charge is 0.259 e. The molecule has 1 amide bonds. The summed E-state index contributed by atoms with van der Waals surface area (Å²) in [4.78, 5) is 18.2. The molecule has 3 rings (SSSR count). The molecule has 3 heterocycles. The Labute approximate surface area is 93.2 Å². The Bertz CT molecular complexity index is 447. The molecular formula is C11H13N3O2. The second-order valence-electron chi connectivity index (χ2n) is 4.23. The van der Waals surface area contributed by atoms with Crippen molar-refractivity contribution in [1.82, 2.24) is 9.88 Å². The van der Waals surface area contributed by atoms with E-state index in [1.54, 1.807) is 6.07 Å². The third-order valence-electron chi connectivity index (χ3n) is 3.15. The molecule has 1 fully saturated rings. The van der Waals surface area contributed by atoms with Crippen molar-refractivity contribution in [1.29, 1.82) is 0 Å². The quantitative estimate of drug-likeness (QED) is 0.696. The summed E-state index contributed by atoms with van der Waals surface area (Å²) < 4.78 is 5.56. The summed E-state index contributed by atoms with van der Waals surface area (Å²) in [7, 11) is 0. The lowest BCUT2D eigenvalue weighted by molar-refractivity contribution is 0.0726. The lowest BCUT2D eigenvalue weighted by Gasteiger charge is -2.20. The first kappa shape index (κ1) is 9.45. The third kappa shape index (κ3) is 1.31. The van der Waals surface area contributed by atoms with Crippen LogP contribution in [0, 0.1) is 0 Å². The number of nitrogens with zero attached hydrogens (tertiary/aromatic N) is 2. The molecule has 0 radical (unpaired) electrons. The highest BCUT2D eigenvalue weighted by molar-refractivity contribution is 5.97. The van der Waals surface area contributed by atoms with Crippen LogP contribution >= 0.6 is 0 Å². The Morgan fingerprint density at radius 2 is 2.44 bits per heavy atom. The molecule has 1 aromatic rings. The van der Waals surface area contributed by atoms with Gasteiger partial charge in [-0.3, -0.25) is 4.79 Å². The highest BCUT2D eigenvalue weighted by atomic mass is 16.5. The molecular weight excluding hydrogens is 206 g/mol. The summed E-state index contributed by atoms with van der Waals surface area (Å²) in [6, 6.07) is 1.84. The molecule has 0 aromatic carbocycles. The van der Waals surface area contributed by atoms with Gasteiger partial charge in [0.25, 0.3) is 5.91 Å².